The van der Waals surface area contributed by atoms with E-state index in [9.17, 15) is 4.79 Å². The summed E-state index contributed by atoms with van der Waals surface area (Å²) < 4.78 is 5.19. The predicted molar refractivity (Wildman–Crippen MR) is 84.4 cm³/mol. The number of pyridine rings is 2. The van der Waals surface area contributed by atoms with Crippen LogP contribution in [0.1, 0.15) is 5.56 Å². The van der Waals surface area contributed by atoms with Gasteiger partial charge >= 0.3 is 0 Å². The minimum atomic E-state index is -0.339. The smallest absolute Gasteiger partial charge is 0.221 e. The Kier molecular flexibility index (Phi) is 3.70. The molecule has 0 aliphatic heterocycles. The lowest BCUT2D eigenvalue weighted by molar-refractivity contribution is -0.117. The molecule has 5 nitrogen and oxygen atoms in total. The number of hydrogen-bond donors (Lipinski definition) is 1. The van der Waals surface area contributed by atoms with Crippen LogP contribution < -0.4 is 10.5 Å². The molecule has 110 valence electrons. The third-order valence-electron chi connectivity index (χ3n) is 3.41. The molecule has 0 unspecified atom stereocenters. The van der Waals surface area contributed by atoms with E-state index in [1.54, 1.807) is 19.4 Å². The largest absolute Gasteiger partial charge is 0.481 e. The van der Waals surface area contributed by atoms with E-state index in [-0.39, 0.29) is 12.3 Å². The highest BCUT2D eigenvalue weighted by molar-refractivity contribution is 5.91. The van der Waals surface area contributed by atoms with E-state index >= 15 is 0 Å². The van der Waals surface area contributed by atoms with Crippen molar-refractivity contribution < 1.29 is 9.53 Å². The molecule has 2 N–H and O–H groups in total. The number of nitrogens with zero attached hydrogens (tertiary/aromatic N) is 2. The van der Waals surface area contributed by atoms with Crippen LogP contribution in [0.2, 0.25) is 0 Å². The number of ether oxygens (including phenoxy) is 1. The SMILES string of the molecule is COc1ccc2nccc(-c3ccc(CC(N)=O)cc3)c2n1. The van der Waals surface area contributed by atoms with E-state index in [4.69, 9.17) is 10.5 Å². The number of nitrogens with two attached hydrogens (primary N) is 1. The molecular formula is C17H15N3O2. The number of aromatic nitrogens is 2. The zero-order chi connectivity index (χ0) is 15.5. The summed E-state index contributed by atoms with van der Waals surface area (Å²) in [5.74, 6) is 0.209. The molecule has 0 bridgehead atoms. The lowest BCUT2D eigenvalue weighted by atomic mass is 10.0. The maximum Gasteiger partial charge on any atom is 0.221 e. The van der Waals surface area contributed by atoms with E-state index in [1.807, 2.05) is 36.4 Å². The first-order valence-corrected chi connectivity index (χ1v) is 6.85. The summed E-state index contributed by atoms with van der Waals surface area (Å²) in [6, 6.07) is 13.3. The van der Waals surface area contributed by atoms with Gasteiger partial charge in [0.15, 0.2) is 0 Å². The first kappa shape index (κ1) is 14.0. The van der Waals surface area contributed by atoms with Crippen LogP contribution in [0.3, 0.4) is 0 Å². The zero-order valence-corrected chi connectivity index (χ0v) is 12.1. The van der Waals surface area contributed by atoms with Crippen LogP contribution >= 0.6 is 0 Å². The van der Waals surface area contributed by atoms with Gasteiger partial charge in [-0.3, -0.25) is 9.78 Å². The number of amides is 1. The molecule has 0 aliphatic carbocycles. The molecule has 3 rings (SSSR count). The van der Waals surface area contributed by atoms with Gasteiger partial charge < -0.3 is 10.5 Å². The number of hydrogen-bond acceptors (Lipinski definition) is 4. The van der Waals surface area contributed by atoms with Gasteiger partial charge in [0.2, 0.25) is 11.8 Å². The Hall–Kier alpha value is -2.95. The minimum absolute atomic E-state index is 0.240. The Balaban J connectivity index is 2.07. The van der Waals surface area contributed by atoms with Crippen LogP contribution in [-0.2, 0) is 11.2 Å². The highest BCUT2D eigenvalue weighted by Crippen LogP contribution is 2.27. The maximum atomic E-state index is 11.0. The number of methoxy groups -OCH3 is 1. The van der Waals surface area contributed by atoms with Crippen LogP contribution in [0, 0.1) is 0 Å². The average molecular weight is 293 g/mol. The fourth-order valence-electron chi connectivity index (χ4n) is 2.36. The third kappa shape index (κ3) is 2.74. The molecule has 2 heterocycles. The zero-order valence-electron chi connectivity index (χ0n) is 12.1. The maximum absolute atomic E-state index is 11.0. The van der Waals surface area contributed by atoms with Crippen LogP contribution in [0.15, 0.2) is 48.7 Å². The monoisotopic (exact) mass is 293 g/mol. The lowest BCUT2D eigenvalue weighted by Gasteiger charge is -2.08. The Morgan fingerprint density at radius 2 is 1.91 bits per heavy atom. The standard InChI is InChI=1S/C17H15N3O2/c1-22-16-7-6-14-17(20-16)13(8-9-19-14)12-4-2-11(3-5-12)10-15(18)21/h2-9H,10H2,1H3,(H2,18,21). The van der Waals surface area contributed by atoms with Gasteiger partial charge in [-0.15, -0.1) is 0 Å². The number of fused-ring (bicyclic) bond motifs is 1. The van der Waals surface area contributed by atoms with Gasteiger partial charge in [0, 0.05) is 17.8 Å². The van der Waals surface area contributed by atoms with Crippen molar-refractivity contribution in [2.75, 3.05) is 7.11 Å². The van der Waals surface area contributed by atoms with Crippen molar-refractivity contribution in [3.05, 3.63) is 54.2 Å². The Bertz CT molecular complexity index is 829. The topological polar surface area (TPSA) is 78.1 Å². The molecule has 0 atom stereocenters. The summed E-state index contributed by atoms with van der Waals surface area (Å²) in [4.78, 5) is 19.8. The number of rotatable bonds is 4. The van der Waals surface area contributed by atoms with Crippen LogP contribution in [0.4, 0.5) is 0 Å². The van der Waals surface area contributed by atoms with E-state index < -0.39 is 0 Å². The van der Waals surface area contributed by atoms with Crippen molar-refractivity contribution in [2.45, 2.75) is 6.42 Å². The second-order valence-corrected chi connectivity index (χ2v) is 4.92. The predicted octanol–water partition coefficient (Wildman–Crippen LogP) is 2.33. The molecule has 0 radical (unpaired) electrons. The second kappa shape index (κ2) is 5.81. The quantitative estimate of drug-likeness (QED) is 0.800. The summed E-state index contributed by atoms with van der Waals surface area (Å²) >= 11 is 0. The number of primary amides is 1. The average Bonchev–Trinajstić information content (AvgIpc) is 2.54. The molecule has 2 aromatic heterocycles. The van der Waals surface area contributed by atoms with Gasteiger partial charge in [0.25, 0.3) is 0 Å². The molecule has 1 aromatic carbocycles. The minimum Gasteiger partial charge on any atom is -0.481 e. The van der Waals surface area contributed by atoms with Gasteiger partial charge in [-0.1, -0.05) is 24.3 Å². The van der Waals surface area contributed by atoms with Crippen LogP contribution in [0.25, 0.3) is 22.2 Å². The summed E-state index contributed by atoms with van der Waals surface area (Å²) in [5, 5.41) is 0. The first-order valence-electron chi connectivity index (χ1n) is 6.85. The molecule has 22 heavy (non-hydrogen) atoms. The normalized spacial score (nSPS) is 10.6. The highest BCUT2D eigenvalue weighted by Gasteiger charge is 2.08. The molecule has 0 fully saturated rings. The van der Waals surface area contributed by atoms with Gasteiger partial charge in [0.05, 0.1) is 19.0 Å². The van der Waals surface area contributed by atoms with E-state index in [0.717, 1.165) is 27.7 Å². The number of benzene rings is 1. The molecule has 3 aromatic rings. The molecular weight excluding hydrogens is 278 g/mol. The molecule has 0 spiro atoms. The van der Waals surface area contributed by atoms with Gasteiger partial charge in [-0.05, 0) is 23.3 Å². The van der Waals surface area contributed by atoms with Crippen LogP contribution in [-0.4, -0.2) is 23.0 Å². The van der Waals surface area contributed by atoms with E-state index in [1.165, 1.54) is 0 Å². The fourth-order valence-corrected chi connectivity index (χ4v) is 2.36. The van der Waals surface area contributed by atoms with E-state index in [0.29, 0.717) is 5.88 Å². The van der Waals surface area contributed by atoms with Crippen molar-refractivity contribution in [1.29, 1.82) is 0 Å². The summed E-state index contributed by atoms with van der Waals surface area (Å²) in [6.07, 6.45) is 1.99. The van der Waals surface area contributed by atoms with Crippen molar-refractivity contribution in [3.63, 3.8) is 0 Å². The second-order valence-electron chi connectivity index (χ2n) is 4.92. The van der Waals surface area contributed by atoms with E-state index in [2.05, 4.69) is 9.97 Å². The first-order chi connectivity index (χ1) is 10.7. The fraction of sp³-hybridized carbons (Fsp3) is 0.118. The summed E-state index contributed by atoms with van der Waals surface area (Å²) in [6.45, 7) is 0. The molecule has 0 aliphatic rings. The Morgan fingerprint density at radius 3 is 2.59 bits per heavy atom. The lowest BCUT2D eigenvalue weighted by Crippen LogP contribution is -2.13. The molecule has 5 heteroatoms. The highest BCUT2D eigenvalue weighted by atomic mass is 16.5. The van der Waals surface area contributed by atoms with Crippen molar-refractivity contribution in [2.24, 2.45) is 5.73 Å². The van der Waals surface area contributed by atoms with Crippen molar-refractivity contribution >= 4 is 16.9 Å². The van der Waals surface area contributed by atoms with Gasteiger partial charge in [-0.2, -0.15) is 0 Å². The van der Waals surface area contributed by atoms with Crippen molar-refractivity contribution in [3.8, 4) is 17.0 Å². The van der Waals surface area contributed by atoms with Crippen molar-refractivity contribution in [1.82, 2.24) is 9.97 Å². The van der Waals surface area contributed by atoms with Crippen LogP contribution in [0.5, 0.6) is 5.88 Å². The molecule has 0 saturated heterocycles. The third-order valence-corrected chi connectivity index (χ3v) is 3.41. The number of carbonyl (C=O) groups excluding carboxylic acids is 1. The molecule has 0 saturated carbocycles. The van der Waals surface area contributed by atoms with Gasteiger partial charge in [0.1, 0.15) is 5.52 Å². The Morgan fingerprint density at radius 1 is 1.14 bits per heavy atom. The molecule has 1 amide bonds. The summed E-state index contributed by atoms with van der Waals surface area (Å²) in [5.41, 5.74) is 9.65. The van der Waals surface area contributed by atoms with Gasteiger partial charge in [-0.25, -0.2) is 4.98 Å². The number of carbonyl (C=O) groups is 1. The Labute approximate surface area is 127 Å². The summed E-state index contributed by atoms with van der Waals surface area (Å²) in [7, 11) is 1.59.